The third-order valence-electron chi connectivity index (χ3n) is 3.65. The normalized spacial score (nSPS) is 12.5. The van der Waals surface area contributed by atoms with Crippen molar-refractivity contribution in [3.8, 4) is 10.4 Å². The lowest BCUT2D eigenvalue weighted by Crippen LogP contribution is -2.30. The van der Waals surface area contributed by atoms with E-state index in [1.165, 1.54) is 22.2 Å². The third kappa shape index (κ3) is 3.10. The van der Waals surface area contributed by atoms with Gasteiger partial charge in [0.2, 0.25) is 0 Å². The zero-order valence-electron chi connectivity index (χ0n) is 13.7. The summed E-state index contributed by atoms with van der Waals surface area (Å²) in [5.74, 6) is -0.438. The topological polar surface area (TPSA) is 61.2 Å². The number of rotatable bonds is 4. The molecule has 3 aromatic rings. The Labute approximate surface area is 143 Å². The maximum absolute atomic E-state index is 12.7. The van der Waals surface area contributed by atoms with Crippen molar-refractivity contribution in [2.24, 2.45) is 0 Å². The first-order chi connectivity index (χ1) is 11.5. The molecule has 1 aromatic carbocycles. The van der Waals surface area contributed by atoms with E-state index >= 15 is 0 Å². The molecule has 0 aliphatic carbocycles. The van der Waals surface area contributed by atoms with Crippen molar-refractivity contribution >= 4 is 27.5 Å². The van der Waals surface area contributed by atoms with Gasteiger partial charge in [-0.3, -0.25) is 9.36 Å². The highest BCUT2D eigenvalue weighted by molar-refractivity contribution is 7.21. The van der Waals surface area contributed by atoms with Gasteiger partial charge in [0.25, 0.3) is 5.56 Å². The van der Waals surface area contributed by atoms with E-state index in [1.807, 2.05) is 36.4 Å². The highest BCUT2D eigenvalue weighted by atomic mass is 32.1. The standard InChI is InChI=1S/C18H18N2O3S/c1-11(2)23-18(22)12(3)20-10-19-16-14(17(20)21)9-15(24-16)13-7-5-4-6-8-13/h4-12H,1-3H3. The molecule has 0 aliphatic rings. The predicted octanol–water partition coefficient (Wildman–Crippen LogP) is 3.64. The second-order valence-electron chi connectivity index (χ2n) is 5.81. The average molecular weight is 342 g/mol. The molecule has 0 radical (unpaired) electrons. The molecule has 3 rings (SSSR count). The molecule has 0 bridgehead atoms. The number of carbonyl (C=O) groups is 1. The minimum Gasteiger partial charge on any atom is -0.461 e. The highest BCUT2D eigenvalue weighted by Crippen LogP contribution is 2.30. The average Bonchev–Trinajstić information content (AvgIpc) is 3.00. The van der Waals surface area contributed by atoms with Crippen LogP contribution in [0.25, 0.3) is 20.7 Å². The van der Waals surface area contributed by atoms with Crippen molar-refractivity contribution in [2.75, 3.05) is 0 Å². The van der Waals surface area contributed by atoms with Gasteiger partial charge in [-0.15, -0.1) is 11.3 Å². The van der Waals surface area contributed by atoms with E-state index in [0.717, 1.165) is 10.4 Å². The number of esters is 1. The van der Waals surface area contributed by atoms with Gasteiger partial charge in [0.05, 0.1) is 17.8 Å². The van der Waals surface area contributed by atoms with E-state index < -0.39 is 12.0 Å². The molecule has 0 saturated heterocycles. The maximum atomic E-state index is 12.7. The quantitative estimate of drug-likeness (QED) is 0.679. The van der Waals surface area contributed by atoms with Gasteiger partial charge in [-0.2, -0.15) is 0 Å². The van der Waals surface area contributed by atoms with Crippen LogP contribution in [0.4, 0.5) is 0 Å². The Morgan fingerprint density at radius 2 is 1.92 bits per heavy atom. The molecule has 6 heteroatoms. The molecule has 5 nitrogen and oxygen atoms in total. The van der Waals surface area contributed by atoms with Gasteiger partial charge in [0.15, 0.2) is 0 Å². The van der Waals surface area contributed by atoms with Crippen LogP contribution in [0.3, 0.4) is 0 Å². The van der Waals surface area contributed by atoms with Gasteiger partial charge in [0, 0.05) is 4.88 Å². The first-order valence-corrected chi connectivity index (χ1v) is 8.55. The van der Waals surface area contributed by atoms with Gasteiger partial charge in [-0.05, 0) is 32.4 Å². The number of hydrogen-bond acceptors (Lipinski definition) is 5. The number of nitrogens with zero attached hydrogens (tertiary/aromatic N) is 2. The lowest BCUT2D eigenvalue weighted by Gasteiger charge is -2.15. The van der Waals surface area contributed by atoms with Crippen LogP contribution in [-0.2, 0) is 9.53 Å². The maximum Gasteiger partial charge on any atom is 0.329 e. The van der Waals surface area contributed by atoms with Crippen molar-refractivity contribution in [1.82, 2.24) is 9.55 Å². The molecule has 0 spiro atoms. The largest absolute Gasteiger partial charge is 0.461 e. The Morgan fingerprint density at radius 3 is 2.58 bits per heavy atom. The van der Waals surface area contributed by atoms with Crippen LogP contribution in [0.2, 0.25) is 0 Å². The molecule has 0 amide bonds. The van der Waals surface area contributed by atoms with E-state index in [0.29, 0.717) is 10.2 Å². The molecule has 0 aliphatic heterocycles. The lowest BCUT2D eigenvalue weighted by atomic mass is 10.2. The summed E-state index contributed by atoms with van der Waals surface area (Å²) in [5, 5.41) is 0.519. The van der Waals surface area contributed by atoms with Crippen LogP contribution in [0.5, 0.6) is 0 Å². The fourth-order valence-corrected chi connectivity index (χ4v) is 3.40. The molecule has 1 atom stereocenters. The second-order valence-corrected chi connectivity index (χ2v) is 6.84. The van der Waals surface area contributed by atoms with Crippen molar-refractivity contribution < 1.29 is 9.53 Å². The van der Waals surface area contributed by atoms with Crippen LogP contribution in [0.15, 0.2) is 47.5 Å². The van der Waals surface area contributed by atoms with Gasteiger partial charge in [0.1, 0.15) is 10.9 Å². The summed E-state index contributed by atoms with van der Waals surface area (Å²) in [6.07, 6.45) is 1.19. The number of hydrogen-bond donors (Lipinski definition) is 0. The molecule has 1 unspecified atom stereocenters. The summed E-state index contributed by atoms with van der Waals surface area (Å²) >= 11 is 1.46. The Hall–Kier alpha value is -2.47. The summed E-state index contributed by atoms with van der Waals surface area (Å²) in [4.78, 5) is 30.8. The van der Waals surface area contributed by atoms with E-state index in [9.17, 15) is 9.59 Å². The van der Waals surface area contributed by atoms with Crippen molar-refractivity contribution in [3.05, 3.63) is 53.1 Å². The molecule has 124 valence electrons. The molecule has 2 aromatic heterocycles. The number of aromatic nitrogens is 2. The molecule has 2 heterocycles. The Balaban J connectivity index is 2.02. The minimum absolute atomic E-state index is 0.224. The third-order valence-corrected chi connectivity index (χ3v) is 4.74. The van der Waals surface area contributed by atoms with Crippen LogP contribution in [0.1, 0.15) is 26.8 Å². The Kier molecular flexibility index (Phi) is 4.49. The molecule has 24 heavy (non-hydrogen) atoms. The summed E-state index contributed by atoms with van der Waals surface area (Å²) in [5.41, 5.74) is 0.811. The van der Waals surface area contributed by atoms with Crippen molar-refractivity contribution in [2.45, 2.75) is 32.9 Å². The number of carbonyl (C=O) groups excluding carboxylic acids is 1. The fraction of sp³-hybridized carbons (Fsp3) is 0.278. The van der Waals surface area contributed by atoms with Crippen molar-refractivity contribution in [1.29, 1.82) is 0 Å². The highest BCUT2D eigenvalue weighted by Gasteiger charge is 2.21. The molecule has 0 fully saturated rings. The van der Waals surface area contributed by atoms with Gasteiger partial charge in [-0.1, -0.05) is 30.3 Å². The summed E-state index contributed by atoms with van der Waals surface area (Å²) in [7, 11) is 0. The van der Waals surface area contributed by atoms with E-state index in [2.05, 4.69) is 4.98 Å². The van der Waals surface area contributed by atoms with Crippen LogP contribution in [-0.4, -0.2) is 21.6 Å². The Bertz CT molecular complexity index is 928. The zero-order valence-corrected chi connectivity index (χ0v) is 14.5. The van der Waals surface area contributed by atoms with E-state index in [4.69, 9.17) is 4.74 Å². The van der Waals surface area contributed by atoms with Crippen LogP contribution in [0, 0.1) is 0 Å². The SMILES string of the molecule is CC(C)OC(=O)C(C)n1cnc2sc(-c3ccccc3)cc2c1=O. The summed E-state index contributed by atoms with van der Waals surface area (Å²) < 4.78 is 6.51. The van der Waals surface area contributed by atoms with E-state index in [-0.39, 0.29) is 11.7 Å². The smallest absolute Gasteiger partial charge is 0.329 e. The second kappa shape index (κ2) is 6.57. The monoisotopic (exact) mass is 342 g/mol. The summed E-state index contributed by atoms with van der Waals surface area (Å²) in [6.45, 7) is 5.20. The first-order valence-electron chi connectivity index (χ1n) is 7.74. The number of thiophene rings is 1. The predicted molar refractivity (Wildman–Crippen MR) is 95.3 cm³/mol. The lowest BCUT2D eigenvalue weighted by molar-refractivity contribution is -0.151. The number of fused-ring (bicyclic) bond motifs is 1. The van der Waals surface area contributed by atoms with Gasteiger partial charge in [-0.25, -0.2) is 9.78 Å². The molecule has 0 saturated carbocycles. The van der Waals surface area contributed by atoms with E-state index in [1.54, 1.807) is 20.8 Å². The summed E-state index contributed by atoms with van der Waals surface area (Å²) in [6, 6.07) is 11.0. The number of benzene rings is 1. The number of ether oxygens (including phenoxy) is 1. The Morgan fingerprint density at radius 1 is 1.21 bits per heavy atom. The van der Waals surface area contributed by atoms with Crippen molar-refractivity contribution in [3.63, 3.8) is 0 Å². The van der Waals surface area contributed by atoms with Crippen LogP contribution < -0.4 is 5.56 Å². The fourth-order valence-electron chi connectivity index (χ4n) is 2.40. The molecule has 0 N–H and O–H groups in total. The first kappa shape index (κ1) is 16.4. The zero-order chi connectivity index (χ0) is 17.3. The van der Waals surface area contributed by atoms with Crippen LogP contribution >= 0.6 is 11.3 Å². The van der Waals surface area contributed by atoms with Gasteiger partial charge >= 0.3 is 5.97 Å². The van der Waals surface area contributed by atoms with Gasteiger partial charge < -0.3 is 4.74 Å². The minimum atomic E-state index is -0.711. The molecular weight excluding hydrogens is 324 g/mol. The molecular formula is C18H18N2O3S.